The van der Waals surface area contributed by atoms with E-state index in [0.29, 0.717) is 39.0 Å². The Labute approximate surface area is 85.7 Å². The van der Waals surface area contributed by atoms with Crippen LogP contribution in [0.5, 0.6) is 0 Å². The third-order valence-corrected chi connectivity index (χ3v) is 2.34. The van der Waals surface area contributed by atoms with Crippen molar-refractivity contribution < 1.29 is 14.2 Å². The first-order valence-corrected chi connectivity index (χ1v) is 5.24. The third kappa shape index (κ3) is 5.54. The molecule has 0 aliphatic heterocycles. The van der Waals surface area contributed by atoms with Gasteiger partial charge in [0.05, 0.1) is 33.0 Å². The summed E-state index contributed by atoms with van der Waals surface area (Å²) < 4.78 is 15.5. The molecule has 14 heavy (non-hydrogen) atoms. The molecular formula is C10H21NO3. The van der Waals surface area contributed by atoms with Crippen LogP contribution in [0.2, 0.25) is 0 Å². The average Bonchev–Trinajstić information content (AvgIpc) is 2.99. The normalized spacial score (nSPS) is 18.4. The van der Waals surface area contributed by atoms with E-state index in [1.165, 1.54) is 12.8 Å². The summed E-state index contributed by atoms with van der Waals surface area (Å²) in [5, 5.41) is 0. The summed E-state index contributed by atoms with van der Waals surface area (Å²) in [6.45, 7) is 3.19. The maximum Gasteiger partial charge on any atom is 0.0701 e. The zero-order chi connectivity index (χ0) is 10.2. The molecule has 1 atom stereocenters. The Kier molecular flexibility index (Phi) is 6.10. The summed E-state index contributed by atoms with van der Waals surface area (Å²) in [5.41, 5.74) is 5.86. The van der Waals surface area contributed by atoms with Crippen LogP contribution in [0.4, 0.5) is 0 Å². The second kappa shape index (κ2) is 7.17. The molecule has 1 aliphatic rings. The van der Waals surface area contributed by atoms with Gasteiger partial charge in [0.25, 0.3) is 0 Å². The molecule has 1 fully saturated rings. The predicted octanol–water partition coefficient (Wildman–Crippen LogP) is 0.403. The third-order valence-electron chi connectivity index (χ3n) is 2.34. The van der Waals surface area contributed by atoms with Gasteiger partial charge in [-0.05, 0) is 18.8 Å². The van der Waals surface area contributed by atoms with E-state index in [1.807, 2.05) is 0 Å². The van der Waals surface area contributed by atoms with Gasteiger partial charge in [-0.25, -0.2) is 0 Å². The van der Waals surface area contributed by atoms with Crippen molar-refractivity contribution >= 4 is 0 Å². The Balaban J connectivity index is 1.75. The molecule has 0 saturated heterocycles. The summed E-state index contributed by atoms with van der Waals surface area (Å²) in [6.07, 6.45) is 2.55. The summed E-state index contributed by atoms with van der Waals surface area (Å²) in [6, 6.07) is 0.231. The van der Waals surface area contributed by atoms with Crippen molar-refractivity contribution in [1.29, 1.82) is 0 Å². The maximum absolute atomic E-state index is 5.86. The molecule has 0 aromatic heterocycles. The maximum atomic E-state index is 5.86. The van der Waals surface area contributed by atoms with Gasteiger partial charge in [0.15, 0.2) is 0 Å². The lowest BCUT2D eigenvalue weighted by Crippen LogP contribution is -2.29. The van der Waals surface area contributed by atoms with Crippen LogP contribution < -0.4 is 5.73 Å². The molecule has 1 rings (SSSR count). The average molecular weight is 203 g/mol. The molecule has 4 nitrogen and oxygen atoms in total. The Morgan fingerprint density at radius 1 is 1.14 bits per heavy atom. The molecule has 0 aromatic carbocycles. The van der Waals surface area contributed by atoms with Crippen LogP contribution in [0.3, 0.4) is 0 Å². The molecule has 0 heterocycles. The highest BCUT2D eigenvalue weighted by atomic mass is 16.5. The molecular weight excluding hydrogens is 182 g/mol. The van der Waals surface area contributed by atoms with E-state index in [2.05, 4.69) is 0 Å². The molecule has 2 N–H and O–H groups in total. The largest absolute Gasteiger partial charge is 0.382 e. The van der Waals surface area contributed by atoms with Crippen molar-refractivity contribution in [1.82, 2.24) is 0 Å². The molecule has 1 unspecified atom stereocenters. The van der Waals surface area contributed by atoms with E-state index in [-0.39, 0.29) is 6.04 Å². The van der Waals surface area contributed by atoms with Gasteiger partial charge in [-0.15, -0.1) is 0 Å². The minimum atomic E-state index is 0.231. The fraction of sp³-hybridized carbons (Fsp3) is 1.00. The molecule has 0 bridgehead atoms. The Bertz CT molecular complexity index is 139. The van der Waals surface area contributed by atoms with Crippen molar-refractivity contribution in [3.63, 3.8) is 0 Å². The van der Waals surface area contributed by atoms with Crippen LogP contribution >= 0.6 is 0 Å². The highest BCUT2D eigenvalue weighted by Crippen LogP contribution is 2.31. The van der Waals surface area contributed by atoms with Gasteiger partial charge < -0.3 is 19.9 Å². The topological polar surface area (TPSA) is 53.7 Å². The van der Waals surface area contributed by atoms with Gasteiger partial charge in [-0.3, -0.25) is 0 Å². The highest BCUT2D eigenvalue weighted by molar-refractivity contribution is 4.83. The first-order chi connectivity index (χ1) is 6.84. The van der Waals surface area contributed by atoms with Crippen molar-refractivity contribution in [3.05, 3.63) is 0 Å². The minimum Gasteiger partial charge on any atom is -0.382 e. The van der Waals surface area contributed by atoms with E-state index >= 15 is 0 Å². The first-order valence-electron chi connectivity index (χ1n) is 5.24. The van der Waals surface area contributed by atoms with Crippen molar-refractivity contribution in [2.24, 2.45) is 11.7 Å². The minimum absolute atomic E-state index is 0.231. The van der Waals surface area contributed by atoms with Crippen LogP contribution in [-0.2, 0) is 14.2 Å². The summed E-state index contributed by atoms with van der Waals surface area (Å²) >= 11 is 0. The van der Waals surface area contributed by atoms with Gasteiger partial charge in [0, 0.05) is 13.2 Å². The highest BCUT2D eigenvalue weighted by Gasteiger charge is 2.28. The lowest BCUT2D eigenvalue weighted by molar-refractivity contribution is 0.0205. The van der Waals surface area contributed by atoms with Crippen LogP contribution in [0, 0.1) is 5.92 Å². The Morgan fingerprint density at radius 3 is 2.43 bits per heavy atom. The molecule has 0 spiro atoms. The molecule has 4 heteroatoms. The fourth-order valence-electron chi connectivity index (χ4n) is 1.24. The van der Waals surface area contributed by atoms with E-state index in [9.17, 15) is 0 Å². The van der Waals surface area contributed by atoms with Crippen molar-refractivity contribution in [2.45, 2.75) is 18.9 Å². The zero-order valence-corrected chi connectivity index (χ0v) is 8.91. The summed E-state index contributed by atoms with van der Waals surface area (Å²) in [5.74, 6) is 0.712. The molecule has 1 saturated carbocycles. The number of hydrogen-bond donors (Lipinski definition) is 1. The van der Waals surface area contributed by atoms with Gasteiger partial charge in [0.2, 0.25) is 0 Å². The number of hydrogen-bond acceptors (Lipinski definition) is 4. The van der Waals surface area contributed by atoms with Crippen LogP contribution in [-0.4, -0.2) is 46.2 Å². The second-order valence-corrected chi connectivity index (χ2v) is 3.68. The zero-order valence-electron chi connectivity index (χ0n) is 8.91. The van der Waals surface area contributed by atoms with Gasteiger partial charge >= 0.3 is 0 Å². The molecule has 0 radical (unpaired) electrons. The number of ether oxygens (including phenoxy) is 3. The molecule has 0 aromatic rings. The lowest BCUT2D eigenvalue weighted by atomic mass is 10.2. The number of methoxy groups -OCH3 is 1. The van der Waals surface area contributed by atoms with Crippen LogP contribution in [0.25, 0.3) is 0 Å². The van der Waals surface area contributed by atoms with Crippen molar-refractivity contribution in [3.8, 4) is 0 Å². The van der Waals surface area contributed by atoms with E-state index < -0.39 is 0 Å². The monoisotopic (exact) mass is 203 g/mol. The first kappa shape index (κ1) is 11.9. The lowest BCUT2D eigenvalue weighted by Gasteiger charge is -2.10. The van der Waals surface area contributed by atoms with Crippen LogP contribution in [0.1, 0.15) is 12.8 Å². The summed E-state index contributed by atoms with van der Waals surface area (Å²) in [4.78, 5) is 0. The number of rotatable bonds is 9. The smallest absolute Gasteiger partial charge is 0.0701 e. The van der Waals surface area contributed by atoms with Gasteiger partial charge in [-0.1, -0.05) is 0 Å². The molecule has 0 amide bonds. The van der Waals surface area contributed by atoms with E-state index in [0.717, 1.165) is 0 Å². The van der Waals surface area contributed by atoms with Gasteiger partial charge in [-0.2, -0.15) is 0 Å². The fourth-order valence-corrected chi connectivity index (χ4v) is 1.24. The number of nitrogens with two attached hydrogens (primary N) is 1. The van der Waals surface area contributed by atoms with Crippen molar-refractivity contribution in [2.75, 3.05) is 40.1 Å². The van der Waals surface area contributed by atoms with Gasteiger partial charge in [0.1, 0.15) is 0 Å². The SMILES string of the molecule is COCCOCCOCC(N)C1CC1. The predicted molar refractivity (Wildman–Crippen MR) is 54.2 cm³/mol. The van der Waals surface area contributed by atoms with E-state index in [1.54, 1.807) is 7.11 Å². The Morgan fingerprint density at radius 2 is 1.79 bits per heavy atom. The standard InChI is InChI=1S/C10H21NO3/c1-12-4-5-13-6-7-14-8-10(11)9-2-3-9/h9-10H,2-8,11H2,1H3. The molecule has 1 aliphatic carbocycles. The van der Waals surface area contributed by atoms with E-state index in [4.69, 9.17) is 19.9 Å². The Hall–Kier alpha value is -0.160. The summed E-state index contributed by atoms with van der Waals surface area (Å²) in [7, 11) is 1.66. The van der Waals surface area contributed by atoms with Crippen LogP contribution in [0.15, 0.2) is 0 Å². The molecule has 84 valence electrons. The second-order valence-electron chi connectivity index (χ2n) is 3.68. The quantitative estimate of drug-likeness (QED) is 0.551.